The lowest BCUT2D eigenvalue weighted by molar-refractivity contribution is -0.157. The third-order valence-electron chi connectivity index (χ3n) is 4.70. The summed E-state index contributed by atoms with van der Waals surface area (Å²) < 4.78 is 17.2. The van der Waals surface area contributed by atoms with E-state index in [0.717, 1.165) is 19.3 Å². The van der Waals surface area contributed by atoms with Gasteiger partial charge in [-0.25, -0.2) is 0 Å². The number of rotatable bonds is 8. The maximum Gasteiger partial charge on any atom is 0.163 e. The molecule has 5 nitrogen and oxygen atoms in total. The Balaban J connectivity index is 1.75. The van der Waals surface area contributed by atoms with Gasteiger partial charge in [-0.15, -0.1) is 0 Å². The lowest BCUT2D eigenvalue weighted by Crippen LogP contribution is -2.37. The van der Waals surface area contributed by atoms with Crippen LogP contribution in [-0.2, 0) is 14.2 Å². The third kappa shape index (κ3) is 6.41. The molecular formula is C20H34O5. The fourth-order valence-electron chi connectivity index (χ4n) is 3.41. The predicted octanol–water partition coefficient (Wildman–Crippen LogP) is 3.31. The number of aliphatic hydroxyl groups is 2. The average molecular weight is 354 g/mol. The molecule has 2 heterocycles. The van der Waals surface area contributed by atoms with Gasteiger partial charge in [0.2, 0.25) is 0 Å². The molecule has 0 aromatic heterocycles. The van der Waals surface area contributed by atoms with E-state index in [9.17, 15) is 10.2 Å². The lowest BCUT2D eigenvalue weighted by Gasteiger charge is -2.24. The minimum absolute atomic E-state index is 0.293. The Morgan fingerprint density at radius 1 is 1.40 bits per heavy atom. The molecule has 1 saturated heterocycles. The van der Waals surface area contributed by atoms with Crippen LogP contribution < -0.4 is 0 Å². The van der Waals surface area contributed by atoms with Gasteiger partial charge in [0.25, 0.3) is 0 Å². The highest BCUT2D eigenvalue weighted by molar-refractivity contribution is 5.10. The molecule has 5 atom stereocenters. The van der Waals surface area contributed by atoms with E-state index in [-0.39, 0.29) is 6.10 Å². The molecule has 0 spiro atoms. The summed E-state index contributed by atoms with van der Waals surface area (Å²) in [6.45, 7) is 10.5. The van der Waals surface area contributed by atoms with Crippen molar-refractivity contribution in [2.75, 3.05) is 6.61 Å². The second-order valence-electron chi connectivity index (χ2n) is 8.13. The molecule has 0 unspecified atom stereocenters. The SMILES string of the molecule is CC(C)=CCC[C@H](C)C[C@@H](O)CC1=C[C@@H](O)[C@@H]([C@H]2COC(C)(C)O2)O1. The van der Waals surface area contributed by atoms with Crippen LogP contribution in [0.5, 0.6) is 0 Å². The van der Waals surface area contributed by atoms with Gasteiger partial charge in [-0.3, -0.25) is 0 Å². The highest BCUT2D eigenvalue weighted by atomic mass is 16.8. The molecule has 2 N–H and O–H groups in total. The molecule has 2 aliphatic heterocycles. The smallest absolute Gasteiger partial charge is 0.163 e. The minimum Gasteiger partial charge on any atom is -0.489 e. The first-order valence-corrected chi connectivity index (χ1v) is 9.35. The molecule has 0 amide bonds. The van der Waals surface area contributed by atoms with Gasteiger partial charge in [0.1, 0.15) is 12.2 Å². The van der Waals surface area contributed by atoms with Crippen LogP contribution in [0.2, 0.25) is 0 Å². The topological polar surface area (TPSA) is 68.2 Å². The summed E-state index contributed by atoms with van der Waals surface area (Å²) in [6, 6.07) is 0. The number of hydrogen-bond donors (Lipinski definition) is 2. The Morgan fingerprint density at radius 2 is 2.12 bits per heavy atom. The molecule has 0 aromatic rings. The maximum absolute atomic E-state index is 10.3. The van der Waals surface area contributed by atoms with Crippen LogP contribution in [-0.4, -0.2) is 47.0 Å². The van der Waals surface area contributed by atoms with E-state index >= 15 is 0 Å². The fraction of sp³-hybridized carbons (Fsp3) is 0.800. The van der Waals surface area contributed by atoms with Crippen molar-refractivity contribution in [3.05, 3.63) is 23.5 Å². The zero-order valence-corrected chi connectivity index (χ0v) is 16.2. The first-order chi connectivity index (χ1) is 11.7. The van der Waals surface area contributed by atoms with Crippen molar-refractivity contribution in [3.8, 4) is 0 Å². The van der Waals surface area contributed by atoms with Crippen molar-refractivity contribution < 1.29 is 24.4 Å². The normalized spacial score (nSPS) is 30.5. The van der Waals surface area contributed by atoms with Crippen molar-refractivity contribution in [3.63, 3.8) is 0 Å². The summed E-state index contributed by atoms with van der Waals surface area (Å²) in [5, 5.41) is 20.6. The van der Waals surface area contributed by atoms with Gasteiger partial charge in [-0.2, -0.15) is 0 Å². The van der Waals surface area contributed by atoms with Gasteiger partial charge in [0, 0.05) is 6.42 Å². The van der Waals surface area contributed by atoms with E-state index in [1.165, 1.54) is 5.57 Å². The van der Waals surface area contributed by atoms with E-state index in [4.69, 9.17) is 14.2 Å². The average Bonchev–Trinajstić information content (AvgIpc) is 3.00. The summed E-state index contributed by atoms with van der Waals surface area (Å²) in [7, 11) is 0. The third-order valence-corrected chi connectivity index (χ3v) is 4.70. The summed E-state index contributed by atoms with van der Waals surface area (Å²) in [5.41, 5.74) is 1.33. The van der Waals surface area contributed by atoms with E-state index < -0.39 is 24.1 Å². The van der Waals surface area contributed by atoms with Crippen LogP contribution in [0.25, 0.3) is 0 Å². The molecule has 144 valence electrons. The van der Waals surface area contributed by atoms with Crippen LogP contribution >= 0.6 is 0 Å². The molecule has 0 aliphatic carbocycles. The Hall–Kier alpha value is -0.880. The van der Waals surface area contributed by atoms with Gasteiger partial charge >= 0.3 is 0 Å². The summed E-state index contributed by atoms with van der Waals surface area (Å²) >= 11 is 0. The van der Waals surface area contributed by atoms with Gasteiger partial charge in [0.05, 0.1) is 18.5 Å². The van der Waals surface area contributed by atoms with Crippen molar-refractivity contribution in [1.82, 2.24) is 0 Å². The molecule has 2 aliphatic rings. The Labute approximate surface area is 151 Å². The van der Waals surface area contributed by atoms with E-state index in [1.807, 2.05) is 13.8 Å². The van der Waals surface area contributed by atoms with E-state index in [2.05, 4.69) is 26.8 Å². The van der Waals surface area contributed by atoms with Crippen LogP contribution in [0.3, 0.4) is 0 Å². The molecule has 2 rings (SSSR count). The largest absolute Gasteiger partial charge is 0.489 e. The predicted molar refractivity (Wildman–Crippen MR) is 96.9 cm³/mol. The molecule has 5 heteroatoms. The van der Waals surface area contributed by atoms with Crippen LogP contribution in [0, 0.1) is 5.92 Å². The molecule has 1 fully saturated rings. The maximum atomic E-state index is 10.3. The molecule has 0 radical (unpaired) electrons. The summed E-state index contributed by atoms with van der Waals surface area (Å²) in [6.07, 6.45) is 5.26. The van der Waals surface area contributed by atoms with E-state index in [1.54, 1.807) is 6.08 Å². The molecule has 25 heavy (non-hydrogen) atoms. The van der Waals surface area contributed by atoms with Crippen LogP contribution in [0.1, 0.15) is 60.3 Å². The number of hydrogen-bond acceptors (Lipinski definition) is 5. The first kappa shape index (κ1) is 20.4. The van der Waals surface area contributed by atoms with Crippen molar-refractivity contribution >= 4 is 0 Å². The monoisotopic (exact) mass is 354 g/mol. The summed E-state index contributed by atoms with van der Waals surface area (Å²) in [4.78, 5) is 0. The minimum atomic E-state index is -0.722. The lowest BCUT2D eigenvalue weighted by atomic mass is 9.96. The van der Waals surface area contributed by atoms with Gasteiger partial charge in [-0.05, 0) is 59.0 Å². The first-order valence-electron chi connectivity index (χ1n) is 9.35. The Bertz CT molecular complexity index is 492. The van der Waals surface area contributed by atoms with Gasteiger partial charge in [0.15, 0.2) is 11.9 Å². The Kier molecular flexibility index (Phi) is 7.09. The van der Waals surface area contributed by atoms with Crippen LogP contribution in [0.15, 0.2) is 23.5 Å². The second kappa shape index (κ2) is 8.67. The molecule has 0 bridgehead atoms. The standard InChI is InChI=1S/C20H34O5/c1-13(2)7-6-8-14(3)9-15(21)10-16-11-17(22)19(24-16)18-12-23-20(4,5)25-18/h7,11,14-15,17-19,21-22H,6,8-10,12H2,1-5H3/t14-,15+,17+,18+,19-/m0/s1. The van der Waals surface area contributed by atoms with Gasteiger partial charge < -0.3 is 24.4 Å². The molecule has 0 aromatic carbocycles. The van der Waals surface area contributed by atoms with Gasteiger partial charge in [-0.1, -0.05) is 18.6 Å². The second-order valence-corrected chi connectivity index (χ2v) is 8.13. The zero-order chi connectivity index (χ0) is 18.6. The van der Waals surface area contributed by atoms with E-state index in [0.29, 0.717) is 24.7 Å². The fourth-order valence-corrected chi connectivity index (χ4v) is 3.41. The van der Waals surface area contributed by atoms with Crippen molar-refractivity contribution in [2.45, 2.75) is 90.5 Å². The van der Waals surface area contributed by atoms with Crippen LogP contribution in [0.4, 0.5) is 0 Å². The highest BCUT2D eigenvalue weighted by Crippen LogP contribution is 2.32. The quantitative estimate of drug-likeness (QED) is 0.655. The molecule has 0 saturated carbocycles. The number of allylic oxidation sites excluding steroid dienone is 2. The highest BCUT2D eigenvalue weighted by Gasteiger charge is 2.43. The Morgan fingerprint density at radius 3 is 2.72 bits per heavy atom. The van der Waals surface area contributed by atoms with Crippen molar-refractivity contribution in [2.24, 2.45) is 5.92 Å². The number of aliphatic hydroxyl groups excluding tert-OH is 2. The summed E-state index contributed by atoms with van der Waals surface area (Å²) in [5.74, 6) is 0.451. The zero-order valence-electron chi connectivity index (χ0n) is 16.2. The number of ether oxygens (including phenoxy) is 3. The molecular weight excluding hydrogens is 320 g/mol. The van der Waals surface area contributed by atoms with Crippen molar-refractivity contribution in [1.29, 1.82) is 0 Å².